The fraction of sp³-hybridized carbons (Fsp3) is 0.667. The van der Waals surface area contributed by atoms with Gasteiger partial charge in [0.25, 0.3) is 0 Å². The summed E-state index contributed by atoms with van der Waals surface area (Å²) in [5.41, 5.74) is 1.54. The molecule has 0 saturated carbocycles. The third kappa shape index (κ3) is 1.94. The van der Waals surface area contributed by atoms with Crippen molar-refractivity contribution in [1.82, 2.24) is 4.73 Å². The van der Waals surface area contributed by atoms with Crippen LogP contribution < -0.4 is 0 Å². The maximum atomic E-state index is 12.0. The van der Waals surface area contributed by atoms with Gasteiger partial charge in [0.1, 0.15) is 0 Å². The average Bonchev–Trinajstić information content (AvgIpc) is 2.26. The van der Waals surface area contributed by atoms with E-state index in [0.717, 1.165) is 16.1 Å². The third-order valence-corrected chi connectivity index (χ3v) is 2.37. The van der Waals surface area contributed by atoms with Crippen molar-refractivity contribution in [2.75, 3.05) is 0 Å². The second-order valence-electron chi connectivity index (χ2n) is 5.90. The van der Waals surface area contributed by atoms with Gasteiger partial charge in [0.15, 0.2) is 0 Å². The van der Waals surface area contributed by atoms with Crippen LogP contribution in [0.4, 0.5) is 0 Å². The molecule has 0 amide bonds. The summed E-state index contributed by atoms with van der Waals surface area (Å²) in [6.07, 6.45) is 0. The van der Waals surface area contributed by atoms with Crippen LogP contribution in [0.5, 0.6) is 0 Å². The lowest BCUT2D eigenvalue weighted by Gasteiger charge is -2.21. The van der Waals surface area contributed by atoms with Crippen LogP contribution in [-0.4, -0.2) is 4.73 Å². The van der Waals surface area contributed by atoms with Gasteiger partial charge in [-0.3, -0.25) is 0 Å². The largest absolute Gasteiger partial charge is 0.166 e. The maximum Gasteiger partial charge on any atom is 0.0674 e. The molecular formula is C12H20NO. The SMILES string of the molecule is CC(C)(C)c1ccc(C(C)(C)C)n1[O]. The van der Waals surface area contributed by atoms with Gasteiger partial charge in [-0.2, -0.15) is 5.21 Å². The average molecular weight is 194 g/mol. The van der Waals surface area contributed by atoms with Crippen LogP contribution in [0.25, 0.3) is 0 Å². The van der Waals surface area contributed by atoms with Gasteiger partial charge in [0.05, 0.1) is 11.4 Å². The van der Waals surface area contributed by atoms with Crippen LogP contribution in [0, 0.1) is 0 Å². The topological polar surface area (TPSA) is 24.8 Å². The van der Waals surface area contributed by atoms with E-state index >= 15 is 0 Å². The van der Waals surface area contributed by atoms with Gasteiger partial charge in [0.2, 0.25) is 0 Å². The first kappa shape index (κ1) is 11.2. The van der Waals surface area contributed by atoms with Crippen molar-refractivity contribution in [2.45, 2.75) is 52.4 Å². The number of aromatic nitrogens is 1. The molecule has 79 valence electrons. The molecule has 0 aliphatic heterocycles. The standard InChI is InChI=1S/C12H20NO/c1-11(2,3)9-7-8-10(13(9)14)12(4,5)6/h7-8H,1-6H3. The number of hydrogen-bond donors (Lipinski definition) is 0. The van der Waals surface area contributed by atoms with Crippen LogP contribution >= 0.6 is 0 Å². The Morgan fingerprint density at radius 2 is 1.14 bits per heavy atom. The molecule has 2 heteroatoms. The molecule has 0 atom stereocenters. The summed E-state index contributed by atoms with van der Waals surface area (Å²) >= 11 is 0. The summed E-state index contributed by atoms with van der Waals surface area (Å²) < 4.78 is 1.08. The zero-order valence-electron chi connectivity index (χ0n) is 10.0. The van der Waals surface area contributed by atoms with E-state index in [1.54, 1.807) is 0 Å². The molecule has 0 aromatic carbocycles. The molecular weight excluding hydrogens is 174 g/mol. The minimum absolute atomic E-state index is 0.0781. The second-order valence-corrected chi connectivity index (χ2v) is 5.90. The van der Waals surface area contributed by atoms with E-state index in [1.807, 2.05) is 12.1 Å². The van der Waals surface area contributed by atoms with E-state index < -0.39 is 0 Å². The normalized spacial score (nSPS) is 13.3. The number of hydrogen-bond acceptors (Lipinski definition) is 0. The lowest BCUT2D eigenvalue weighted by molar-refractivity contribution is 0.0644. The zero-order chi connectivity index (χ0) is 11.1. The molecule has 2 nitrogen and oxygen atoms in total. The maximum absolute atomic E-state index is 12.0. The van der Waals surface area contributed by atoms with Crippen molar-refractivity contribution in [3.63, 3.8) is 0 Å². The quantitative estimate of drug-likeness (QED) is 0.605. The van der Waals surface area contributed by atoms with Crippen LogP contribution in [-0.2, 0) is 16.0 Å². The van der Waals surface area contributed by atoms with Crippen LogP contribution in [0.1, 0.15) is 52.9 Å². The molecule has 0 aliphatic rings. The molecule has 0 N–H and O–H groups in total. The molecule has 1 radical (unpaired) electrons. The van der Waals surface area contributed by atoms with E-state index in [9.17, 15) is 5.21 Å². The first-order valence-electron chi connectivity index (χ1n) is 5.04. The third-order valence-electron chi connectivity index (χ3n) is 2.37. The Labute approximate surface area is 86.5 Å². The number of nitrogens with zero attached hydrogens (tertiary/aromatic N) is 1. The lowest BCUT2D eigenvalue weighted by atomic mass is 9.92. The Balaban J connectivity index is 3.23. The molecule has 1 aromatic heterocycles. The first-order chi connectivity index (χ1) is 6.14. The Hall–Kier alpha value is -0.920. The van der Waals surface area contributed by atoms with E-state index in [-0.39, 0.29) is 10.8 Å². The summed E-state index contributed by atoms with van der Waals surface area (Å²) in [6.45, 7) is 12.4. The summed E-state index contributed by atoms with van der Waals surface area (Å²) in [5, 5.41) is 12.0. The molecule has 0 fully saturated rings. The molecule has 0 saturated heterocycles. The van der Waals surface area contributed by atoms with E-state index in [1.165, 1.54) is 0 Å². The van der Waals surface area contributed by atoms with Crippen molar-refractivity contribution in [3.05, 3.63) is 23.5 Å². The molecule has 0 unspecified atom stereocenters. The Morgan fingerprint density at radius 3 is 1.29 bits per heavy atom. The van der Waals surface area contributed by atoms with E-state index in [4.69, 9.17) is 0 Å². The van der Waals surface area contributed by atoms with Gasteiger partial charge < -0.3 is 0 Å². The van der Waals surface area contributed by atoms with E-state index in [2.05, 4.69) is 41.5 Å². The van der Waals surface area contributed by atoms with Gasteiger partial charge in [-0.15, -0.1) is 4.73 Å². The predicted octanol–water partition coefficient (Wildman–Crippen LogP) is 3.28. The van der Waals surface area contributed by atoms with Crippen LogP contribution in [0.2, 0.25) is 0 Å². The highest BCUT2D eigenvalue weighted by atomic mass is 16.5. The first-order valence-corrected chi connectivity index (χ1v) is 5.04. The summed E-state index contributed by atoms with van der Waals surface area (Å²) in [7, 11) is 0. The van der Waals surface area contributed by atoms with Gasteiger partial charge in [0, 0.05) is 10.8 Å². The molecule has 1 rings (SSSR count). The fourth-order valence-electron chi connectivity index (χ4n) is 1.53. The van der Waals surface area contributed by atoms with Crippen molar-refractivity contribution in [2.24, 2.45) is 0 Å². The monoisotopic (exact) mass is 194 g/mol. The zero-order valence-corrected chi connectivity index (χ0v) is 10.0. The molecule has 0 aliphatic carbocycles. The van der Waals surface area contributed by atoms with Crippen molar-refractivity contribution < 1.29 is 5.21 Å². The molecule has 1 aromatic rings. The predicted molar refractivity (Wildman–Crippen MR) is 57.9 cm³/mol. The molecule has 0 bridgehead atoms. The van der Waals surface area contributed by atoms with Crippen LogP contribution in [0.15, 0.2) is 12.1 Å². The molecule has 0 spiro atoms. The fourth-order valence-corrected chi connectivity index (χ4v) is 1.53. The van der Waals surface area contributed by atoms with Gasteiger partial charge in [-0.25, -0.2) is 0 Å². The summed E-state index contributed by atoms with van der Waals surface area (Å²) in [5.74, 6) is 0. The van der Waals surface area contributed by atoms with Crippen molar-refractivity contribution in [3.8, 4) is 0 Å². The number of rotatable bonds is 0. The highest BCUT2D eigenvalue weighted by molar-refractivity contribution is 5.25. The van der Waals surface area contributed by atoms with Gasteiger partial charge in [-0.1, -0.05) is 41.5 Å². The Bertz CT molecular complexity index is 292. The minimum atomic E-state index is -0.0781. The van der Waals surface area contributed by atoms with Gasteiger partial charge >= 0.3 is 0 Å². The van der Waals surface area contributed by atoms with Gasteiger partial charge in [-0.05, 0) is 12.1 Å². The second kappa shape index (κ2) is 3.04. The van der Waals surface area contributed by atoms with Crippen LogP contribution in [0.3, 0.4) is 0 Å². The van der Waals surface area contributed by atoms with Crippen molar-refractivity contribution in [1.29, 1.82) is 0 Å². The lowest BCUT2D eigenvalue weighted by Crippen LogP contribution is -2.21. The Morgan fingerprint density at radius 1 is 0.857 bits per heavy atom. The summed E-state index contributed by atoms with van der Waals surface area (Å²) in [4.78, 5) is 0. The Kier molecular flexibility index (Phi) is 2.42. The molecule has 1 heterocycles. The van der Waals surface area contributed by atoms with E-state index in [0.29, 0.717) is 0 Å². The highest BCUT2D eigenvalue weighted by Gasteiger charge is 2.26. The highest BCUT2D eigenvalue weighted by Crippen LogP contribution is 2.29. The summed E-state index contributed by atoms with van der Waals surface area (Å²) in [6, 6.07) is 3.88. The van der Waals surface area contributed by atoms with Crippen molar-refractivity contribution >= 4 is 0 Å². The minimum Gasteiger partial charge on any atom is -0.166 e. The molecule has 14 heavy (non-hydrogen) atoms. The smallest absolute Gasteiger partial charge is 0.0674 e.